The van der Waals surface area contributed by atoms with Crippen molar-refractivity contribution in [3.63, 3.8) is 0 Å². The number of carbonyl (C=O) groups is 1. The minimum Gasteiger partial charge on any atom is -0.489 e. The zero-order chi connectivity index (χ0) is 22.2. The van der Waals surface area contributed by atoms with Crippen LogP contribution in [-0.4, -0.2) is 67.7 Å². The first-order chi connectivity index (χ1) is 14.8. The van der Waals surface area contributed by atoms with Crippen molar-refractivity contribution >= 4 is 33.8 Å². The molecule has 0 bridgehead atoms. The van der Waals surface area contributed by atoms with Crippen molar-refractivity contribution < 1.29 is 9.53 Å². The van der Waals surface area contributed by atoms with Gasteiger partial charge in [0.15, 0.2) is 5.13 Å². The lowest BCUT2D eigenvalue weighted by molar-refractivity contribution is 0.0901. The van der Waals surface area contributed by atoms with E-state index in [1.165, 1.54) is 11.3 Å². The molecule has 31 heavy (non-hydrogen) atoms. The third-order valence-corrected chi connectivity index (χ3v) is 7.20. The van der Waals surface area contributed by atoms with Gasteiger partial charge in [-0.3, -0.25) is 4.79 Å². The zero-order valence-corrected chi connectivity index (χ0v) is 20.0. The van der Waals surface area contributed by atoms with E-state index >= 15 is 0 Å². The normalized spacial score (nSPS) is 17.1. The minimum atomic E-state index is -0.261. The van der Waals surface area contributed by atoms with Gasteiger partial charge in [-0.2, -0.15) is 0 Å². The topological polar surface area (TPSA) is 60.9 Å². The molecule has 0 unspecified atom stereocenters. The first kappa shape index (κ1) is 21.9. The summed E-state index contributed by atoms with van der Waals surface area (Å²) < 4.78 is 6.01. The lowest BCUT2D eigenvalue weighted by atomic mass is 9.94. The van der Waals surface area contributed by atoms with Gasteiger partial charge in [0.05, 0.1) is 17.9 Å². The van der Waals surface area contributed by atoms with Gasteiger partial charge in [-0.15, -0.1) is 0 Å². The Bertz CT molecular complexity index is 953. The van der Waals surface area contributed by atoms with Crippen LogP contribution in [0, 0.1) is 0 Å². The number of benzene rings is 1. The highest BCUT2D eigenvalue weighted by atomic mass is 32.1. The van der Waals surface area contributed by atoms with E-state index < -0.39 is 0 Å². The first-order valence-corrected chi connectivity index (χ1v) is 11.9. The molecular weight excluding hydrogens is 410 g/mol. The largest absolute Gasteiger partial charge is 0.489 e. The quantitative estimate of drug-likeness (QED) is 0.707. The Labute approximate surface area is 189 Å². The van der Waals surface area contributed by atoms with Crippen LogP contribution >= 0.6 is 11.3 Å². The number of aromatic nitrogens is 1. The highest BCUT2D eigenvalue weighted by molar-refractivity contribution is 7.17. The predicted octanol–water partition coefficient (Wildman–Crippen LogP) is 3.52. The fourth-order valence-electron chi connectivity index (χ4n) is 4.18. The van der Waals surface area contributed by atoms with Crippen molar-refractivity contribution in [3.05, 3.63) is 28.8 Å². The molecule has 1 N–H and O–H groups in total. The number of anilines is 3. The molecule has 0 spiro atoms. The summed E-state index contributed by atoms with van der Waals surface area (Å²) in [5.41, 5.74) is 2.79. The average Bonchev–Trinajstić information content (AvgIpc) is 3.16. The molecule has 0 saturated carbocycles. The third-order valence-electron chi connectivity index (χ3n) is 6.08. The Morgan fingerprint density at radius 3 is 2.77 bits per heavy atom. The molecule has 0 saturated heterocycles. The lowest BCUT2D eigenvalue weighted by Crippen LogP contribution is -2.48. The molecule has 0 fully saturated rings. The molecule has 2 aliphatic rings. The summed E-state index contributed by atoms with van der Waals surface area (Å²) in [6.45, 7) is 13.9. The van der Waals surface area contributed by atoms with Gasteiger partial charge in [0.25, 0.3) is 5.91 Å². The number of amides is 1. The second-order valence-corrected chi connectivity index (χ2v) is 9.87. The van der Waals surface area contributed by atoms with Crippen LogP contribution < -0.4 is 19.9 Å². The smallest absolute Gasteiger partial charge is 0.263 e. The van der Waals surface area contributed by atoms with E-state index in [0.717, 1.165) is 72.0 Å². The second kappa shape index (κ2) is 8.67. The van der Waals surface area contributed by atoms with Crippen molar-refractivity contribution in [3.8, 4) is 5.75 Å². The maximum absolute atomic E-state index is 12.5. The number of fused-ring (bicyclic) bond motifs is 2. The van der Waals surface area contributed by atoms with Crippen molar-refractivity contribution in [2.24, 2.45) is 0 Å². The van der Waals surface area contributed by atoms with E-state index in [9.17, 15) is 4.79 Å². The summed E-state index contributed by atoms with van der Waals surface area (Å²) in [7, 11) is 2.13. The van der Waals surface area contributed by atoms with Gasteiger partial charge in [0, 0.05) is 43.9 Å². The van der Waals surface area contributed by atoms with Gasteiger partial charge < -0.3 is 24.8 Å². The molecule has 7 nitrogen and oxygen atoms in total. The van der Waals surface area contributed by atoms with Crippen LogP contribution in [0.15, 0.2) is 18.2 Å². The number of carbonyl (C=O) groups excluding carboxylic acids is 1. The summed E-state index contributed by atoms with van der Waals surface area (Å²) in [6.07, 6.45) is 0.748. The number of nitrogens with one attached hydrogen (secondary N) is 1. The van der Waals surface area contributed by atoms with E-state index in [1.54, 1.807) is 0 Å². The first-order valence-electron chi connectivity index (χ1n) is 11.1. The van der Waals surface area contributed by atoms with Crippen LogP contribution in [0.2, 0.25) is 0 Å². The van der Waals surface area contributed by atoms with E-state index in [2.05, 4.69) is 59.1 Å². The minimum absolute atomic E-state index is 0.0198. The molecule has 1 aromatic heterocycles. The Morgan fingerprint density at radius 2 is 2.03 bits per heavy atom. The Hall–Kier alpha value is -2.32. The highest BCUT2D eigenvalue weighted by Crippen LogP contribution is 2.42. The summed E-state index contributed by atoms with van der Waals surface area (Å²) in [4.78, 5) is 25.0. The van der Waals surface area contributed by atoms with Gasteiger partial charge in [-0.05, 0) is 39.1 Å². The molecule has 1 aromatic carbocycles. The van der Waals surface area contributed by atoms with Gasteiger partial charge in [-0.25, -0.2) is 4.98 Å². The number of thiazole rings is 1. The predicted molar refractivity (Wildman–Crippen MR) is 127 cm³/mol. The monoisotopic (exact) mass is 443 g/mol. The molecule has 2 aliphatic heterocycles. The number of hydrogen-bond donors (Lipinski definition) is 1. The van der Waals surface area contributed by atoms with Crippen molar-refractivity contribution in [2.45, 2.75) is 39.7 Å². The van der Waals surface area contributed by atoms with Gasteiger partial charge in [-0.1, -0.05) is 25.2 Å². The number of likely N-dealkylation sites (N-methyl/N-ethyl adjacent to an activating group) is 2. The summed E-state index contributed by atoms with van der Waals surface area (Å²) in [5, 5.41) is 3.94. The number of hydrogen-bond acceptors (Lipinski definition) is 7. The Balaban J connectivity index is 1.55. The van der Waals surface area contributed by atoms with Gasteiger partial charge >= 0.3 is 0 Å². The van der Waals surface area contributed by atoms with Crippen molar-refractivity contribution in [1.29, 1.82) is 0 Å². The van der Waals surface area contributed by atoms with Crippen LogP contribution in [-0.2, 0) is 6.42 Å². The Morgan fingerprint density at radius 1 is 1.26 bits per heavy atom. The molecule has 4 rings (SSSR count). The van der Waals surface area contributed by atoms with Crippen LogP contribution in [0.4, 0.5) is 16.5 Å². The lowest BCUT2D eigenvalue weighted by Gasteiger charge is -2.31. The molecule has 0 radical (unpaired) electrons. The number of nitrogens with zero attached hydrogens (tertiary/aromatic N) is 4. The van der Waals surface area contributed by atoms with E-state index in [1.807, 2.05) is 13.8 Å². The molecular formula is C23H33N5O2S. The zero-order valence-electron chi connectivity index (χ0n) is 19.2. The van der Waals surface area contributed by atoms with Gasteiger partial charge in [0.1, 0.15) is 17.2 Å². The van der Waals surface area contributed by atoms with E-state index in [-0.39, 0.29) is 11.4 Å². The second-order valence-electron chi connectivity index (χ2n) is 8.89. The highest BCUT2D eigenvalue weighted by Gasteiger charge is 2.34. The molecule has 3 heterocycles. The van der Waals surface area contributed by atoms with Crippen molar-refractivity contribution in [1.82, 2.24) is 15.2 Å². The molecule has 168 valence electrons. The summed E-state index contributed by atoms with van der Waals surface area (Å²) in [5.74, 6) is 0.852. The van der Waals surface area contributed by atoms with Crippen LogP contribution in [0.3, 0.4) is 0 Å². The molecule has 0 atom stereocenters. The molecule has 1 amide bonds. The third kappa shape index (κ3) is 4.50. The van der Waals surface area contributed by atoms with Crippen LogP contribution in [0.1, 0.15) is 43.1 Å². The van der Waals surface area contributed by atoms with Crippen LogP contribution in [0.5, 0.6) is 5.75 Å². The fourth-order valence-corrected chi connectivity index (χ4v) is 5.20. The maximum atomic E-state index is 12.5. The molecule has 0 aliphatic carbocycles. The summed E-state index contributed by atoms with van der Waals surface area (Å²) >= 11 is 1.47. The van der Waals surface area contributed by atoms with Gasteiger partial charge in [0.2, 0.25) is 0 Å². The molecule has 8 heteroatoms. The van der Waals surface area contributed by atoms with E-state index in [0.29, 0.717) is 6.61 Å². The van der Waals surface area contributed by atoms with E-state index in [4.69, 9.17) is 9.72 Å². The molecule has 2 aromatic rings. The van der Waals surface area contributed by atoms with Crippen molar-refractivity contribution in [2.75, 3.05) is 56.2 Å². The fraction of sp³-hybridized carbons (Fsp3) is 0.565. The standard InChI is InChI=1S/C23H33N5O2S/c1-6-27(7-2)11-10-26(5)16-8-9-18-19(14-16)30-13-12-28(18)22-24-17-15-23(3,4)25-21(29)20(17)31-22/h8-9,14H,6-7,10-13,15H2,1-5H3,(H,25,29). The van der Waals surface area contributed by atoms with Crippen LogP contribution in [0.25, 0.3) is 0 Å². The summed E-state index contributed by atoms with van der Waals surface area (Å²) in [6, 6.07) is 6.38. The number of ether oxygens (including phenoxy) is 1. The number of rotatable bonds is 7. The maximum Gasteiger partial charge on any atom is 0.263 e. The Kier molecular flexibility index (Phi) is 6.12. The average molecular weight is 444 g/mol. The SMILES string of the molecule is CCN(CC)CCN(C)c1ccc2c(c1)OCCN2c1nc2c(s1)C(=O)NC(C)(C)C2.